The number of aromatic amines is 1. The number of rotatable bonds is 12. The molecule has 6 nitrogen and oxygen atoms in total. The van der Waals surface area contributed by atoms with E-state index in [-0.39, 0.29) is 30.2 Å². The number of carbonyl (C=O) groups excluding carboxylic acids is 2. The first-order valence-corrected chi connectivity index (χ1v) is 13.3. The van der Waals surface area contributed by atoms with E-state index in [1.54, 1.807) is 12.0 Å². The van der Waals surface area contributed by atoms with Crippen LogP contribution in [-0.4, -0.2) is 59.9 Å². The second kappa shape index (κ2) is 12.1. The largest absolute Gasteiger partial charge is 0.383 e. The number of H-pyrrole nitrogens is 1. The van der Waals surface area contributed by atoms with Gasteiger partial charge in [-0.25, -0.2) is 0 Å². The van der Waals surface area contributed by atoms with Crippen molar-refractivity contribution in [1.82, 2.24) is 14.8 Å². The number of hydrogen-bond donors (Lipinski definition) is 1. The highest BCUT2D eigenvalue weighted by Crippen LogP contribution is 2.48. The van der Waals surface area contributed by atoms with Gasteiger partial charge in [0.25, 0.3) is 0 Å². The molecule has 0 aliphatic heterocycles. The van der Waals surface area contributed by atoms with E-state index in [0.717, 1.165) is 23.9 Å². The van der Waals surface area contributed by atoms with Crippen LogP contribution >= 0.6 is 0 Å². The van der Waals surface area contributed by atoms with Gasteiger partial charge in [0.2, 0.25) is 11.8 Å². The zero-order valence-electron chi connectivity index (χ0n) is 21.9. The van der Waals surface area contributed by atoms with Crippen LogP contribution in [-0.2, 0) is 27.3 Å². The van der Waals surface area contributed by atoms with E-state index in [9.17, 15) is 9.59 Å². The molecule has 6 heteroatoms. The fraction of sp³-hybridized carbons (Fsp3) is 0.312. The van der Waals surface area contributed by atoms with Gasteiger partial charge in [-0.3, -0.25) is 9.59 Å². The van der Waals surface area contributed by atoms with Crippen LogP contribution in [0.25, 0.3) is 10.9 Å². The first-order chi connectivity index (χ1) is 18.6. The molecule has 3 aromatic carbocycles. The molecule has 0 radical (unpaired) electrons. The summed E-state index contributed by atoms with van der Waals surface area (Å²) in [6, 6.07) is 28.4. The van der Waals surface area contributed by atoms with Crippen LogP contribution in [0.15, 0.2) is 91.1 Å². The van der Waals surface area contributed by atoms with Crippen LogP contribution in [0.5, 0.6) is 0 Å². The van der Waals surface area contributed by atoms with Crippen molar-refractivity contribution in [2.45, 2.75) is 25.3 Å². The van der Waals surface area contributed by atoms with E-state index < -0.39 is 0 Å². The van der Waals surface area contributed by atoms with Crippen molar-refractivity contribution in [2.75, 3.05) is 33.4 Å². The van der Waals surface area contributed by atoms with Gasteiger partial charge in [-0.05, 0) is 41.5 Å². The first kappa shape index (κ1) is 25.7. The maximum absolute atomic E-state index is 13.7. The summed E-state index contributed by atoms with van der Waals surface area (Å²) in [6.07, 6.45) is 3.59. The summed E-state index contributed by atoms with van der Waals surface area (Å²) in [4.78, 5) is 34.1. The van der Waals surface area contributed by atoms with E-state index in [2.05, 4.69) is 29.2 Å². The number of nitrogens with zero attached hydrogens (tertiary/aromatic N) is 2. The number of methoxy groups -OCH3 is 1. The molecule has 4 aromatic rings. The Bertz CT molecular complexity index is 1350. The topological polar surface area (TPSA) is 65.6 Å². The van der Waals surface area contributed by atoms with Gasteiger partial charge in [0.15, 0.2) is 0 Å². The van der Waals surface area contributed by atoms with Crippen molar-refractivity contribution in [3.63, 3.8) is 0 Å². The molecule has 2 unspecified atom stereocenters. The van der Waals surface area contributed by atoms with E-state index in [1.807, 2.05) is 71.8 Å². The highest BCUT2D eigenvalue weighted by molar-refractivity contribution is 5.88. The van der Waals surface area contributed by atoms with Crippen LogP contribution in [0, 0.1) is 5.92 Å². The average Bonchev–Trinajstić information content (AvgIpc) is 3.66. The van der Waals surface area contributed by atoms with Gasteiger partial charge in [-0.1, -0.05) is 78.9 Å². The summed E-state index contributed by atoms with van der Waals surface area (Å²) in [5.41, 5.74) is 4.54. The maximum atomic E-state index is 13.7. The molecule has 1 aliphatic carbocycles. The molecule has 1 N–H and O–H groups in total. The standard InChI is InChI=1S/C32H35N3O3/c1-38-19-18-35(32(37)29-20-28(29)25-12-6-3-7-13-25)23-31(36)34(22-24-10-4-2-5-11-24)17-16-26-21-33-30-15-9-8-14-27(26)30/h2-15,21,28-29,33H,16-20,22-23H2,1H3. The second-order valence-electron chi connectivity index (χ2n) is 10.0. The molecule has 5 rings (SSSR count). The second-order valence-corrected chi connectivity index (χ2v) is 10.0. The van der Waals surface area contributed by atoms with E-state index >= 15 is 0 Å². The summed E-state index contributed by atoms with van der Waals surface area (Å²) >= 11 is 0. The minimum absolute atomic E-state index is 0.0422. The Morgan fingerprint density at radius 2 is 1.61 bits per heavy atom. The summed E-state index contributed by atoms with van der Waals surface area (Å²) < 4.78 is 5.29. The number of aromatic nitrogens is 1. The predicted molar refractivity (Wildman–Crippen MR) is 150 cm³/mol. The van der Waals surface area contributed by atoms with Crippen LogP contribution in [0.4, 0.5) is 0 Å². The Labute approximate surface area is 224 Å². The molecule has 38 heavy (non-hydrogen) atoms. The molecule has 196 valence electrons. The minimum atomic E-state index is -0.0733. The zero-order chi connectivity index (χ0) is 26.3. The number of carbonyl (C=O) groups is 2. The number of benzene rings is 3. The number of hydrogen-bond acceptors (Lipinski definition) is 3. The van der Waals surface area contributed by atoms with Crippen LogP contribution in [0.3, 0.4) is 0 Å². The van der Waals surface area contributed by atoms with E-state index in [1.165, 1.54) is 16.5 Å². The highest BCUT2D eigenvalue weighted by Gasteiger charge is 2.46. The Kier molecular flexibility index (Phi) is 8.19. The molecule has 1 heterocycles. The van der Waals surface area contributed by atoms with Crippen LogP contribution in [0.2, 0.25) is 0 Å². The maximum Gasteiger partial charge on any atom is 0.242 e. The Balaban J connectivity index is 1.30. The van der Waals surface area contributed by atoms with E-state index in [4.69, 9.17) is 4.74 Å². The lowest BCUT2D eigenvalue weighted by Gasteiger charge is -2.28. The third-order valence-electron chi connectivity index (χ3n) is 7.43. The fourth-order valence-corrected chi connectivity index (χ4v) is 5.19. The third-order valence-corrected chi connectivity index (χ3v) is 7.43. The zero-order valence-corrected chi connectivity index (χ0v) is 21.9. The lowest BCUT2D eigenvalue weighted by Crippen LogP contribution is -2.45. The molecule has 1 fully saturated rings. The van der Waals surface area contributed by atoms with E-state index in [0.29, 0.717) is 26.2 Å². The number of para-hydroxylation sites is 1. The summed E-state index contributed by atoms with van der Waals surface area (Å²) in [5.74, 6) is 0.151. The lowest BCUT2D eigenvalue weighted by atomic mass is 10.1. The van der Waals surface area contributed by atoms with Crippen molar-refractivity contribution in [3.8, 4) is 0 Å². The molecule has 2 amide bonds. The number of ether oxygens (including phenoxy) is 1. The van der Waals surface area contributed by atoms with Gasteiger partial charge in [-0.15, -0.1) is 0 Å². The quantitative estimate of drug-likeness (QED) is 0.292. The molecule has 0 saturated heterocycles. The normalized spacial score (nSPS) is 16.3. The average molecular weight is 510 g/mol. The van der Waals surface area contributed by atoms with Gasteiger partial charge in [0.1, 0.15) is 0 Å². The molecule has 1 saturated carbocycles. The number of fused-ring (bicyclic) bond motifs is 1. The Hall–Kier alpha value is -3.90. The molecule has 2 atom stereocenters. The van der Waals surface area contributed by atoms with Crippen molar-refractivity contribution in [3.05, 3.63) is 108 Å². The van der Waals surface area contributed by atoms with Gasteiger partial charge >= 0.3 is 0 Å². The summed E-state index contributed by atoms with van der Waals surface area (Å²) in [7, 11) is 1.62. The predicted octanol–water partition coefficient (Wildman–Crippen LogP) is 5.02. The van der Waals surface area contributed by atoms with Gasteiger partial charge in [-0.2, -0.15) is 0 Å². The molecular weight excluding hydrogens is 474 g/mol. The minimum Gasteiger partial charge on any atom is -0.383 e. The molecule has 1 aliphatic rings. The van der Waals surface area contributed by atoms with Crippen molar-refractivity contribution >= 4 is 22.7 Å². The molecular formula is C32H35N3O3. The van der Waals surface area contributed by atoms with Crippen molar-refractivity contribution in [1.29, 1.82) is 0 Å². The number of nitrogens with one attached hydrogen (secondary N) is 1. The smallest absolute Gasteiger partial charge is 0.242 e. The number of amides is 2. The van der Waals surface area contributed by atoms with Gasteiger partial charge < -0.3 is 19.5 Å². The Morgan fingerprint density at radius 3 is 2.37 bits per heavy atom. The molecule has 0 spiro atoms. The molecule has 1 aromatic heterocycles. The van der Waals surface area contributed by atoms with Crippen LogP contribution in [0.1, 0.15) is 29.0 Å². The first-order valence-electron chi connectivity index (χ1n) is 13.3. The Morgan fingerprint density at radius 1 is 0.895 bits per heavy atom. The lowest BCUT2D eigenvalue weighted by molar-refractivity contribution is -0.142. The van der Waals surface area contributed by atoms with Gasteiger partial charge in [0, 0.05) is 49.8 Å². The van der Waals surface area contributed by atoms with Crippen molar-refractivity contribution in [2.24, 2.45) is 5.92 Å². The third kappa shape index (κ3) is 6.14. The van der Waals surface area contributed by atoms with Gasteiger partial charge in [0.05, 0.1) is 13.2 Å². The monoisotopic (exact) mass is 509 g/mol. The van der Waals surface area contributed by atoms with Crippen LogP contribution < -0.4 is 0 Å². The summed E-state index contributed by atoms with van der Waals surface area (Å²) in [6.45, 7) is 1.93. The highest BCUT2D eigenvalue weighted by atomic mass is 16.5. The fourth-order valence-electron chi connectivity index (χ4n) is 5.19. The molecule has 0 bridgehead atoms. The SMILES string of the molecule is COCCN(CC(=O)N(CCc1c[nH]c2ccccc12)Cc1ccccc1)C(=O)C1CC1c1ccccc1. The van der Waals surface area contributed by atoms with Crippen molar-refractivity contribution < 1.29 is 14.3 Å². The summed E-state index contributed by atoms with van der Waals surface area (Å²) in [5, 5.41) is 1.18.